The highest BCUT2D eigenvalue weighted by Gasteiger charge is 2.10. The summed E-state index contributed by atoms with van der Waals surface area (Å²) in [6, 6.07) is 4.04. The molecular weight excluding hydrogens is 282 g/mol. The van der Waals surface area contributed by atoms with Gasteiger partial charge in [-0.15, -0.1) is 0 Å². The van der Waals surface area contributed by atoms with E-state index in [0.717, 1.165) is 0 Å². The van der Waals surface area contributed by atoms with Crippen molar-refractivity contribution in [3.8, 4) is 0 Å². The monoisotopic (exact) mass is 295 g/mol. The zero-order valence-corrected chi connectivity index (χ0v) is 11.5. The number of ether oxygens (including phenoxy) is 1. The summed E-state index contributed by atoms with van der Waals surface area (Å²) in [5.74, 6) is 0.608. The summed E-state index contributed by atoms with van der Waals surface area (Å²) in [4.78, 5) is 26.5. The molecule has 1 heterocycles. The molecule has 106 valence electrons. The van der Waals surface area contributed by atoms with Crippen molar-refractivity contribution < 1.29 is 9.66 Å². The summed E-state index contributed by atoms with van der Waals surface area (Å²) in [5, 5.41) is 11.0. The second-order valence-corrected chi connectivity index (χ2v) is 4.48. The molecule has 1 aromatic heterocycles. The van der Waals surface area contributed by atoms with Crippen LogP contribution in [0.5, 0.6) is 0 Å². The number of aromatic nitrogens is 2. The lowest BCUT2D eigenvalue weighted by Gasteiger charge is -2.06. The van der Waals surface area contributed by atoms with Crippen molar-refractivity contribution in [2.75, 3.05) is 19.0 Å². The van der Waals surface area contributed by atoms with Gasteiger partial charge in [0.25, 0.3) is 11.2 Å². The fraction of sp³-hybridized carbons (Fsp3) is 0.333. The van der Waals surface area contributed by atoms with Crippen molar-refractivity contribution in [3.63, 3.8) is 0 Å². The molecule has 0 bridgehead atoms. The lowest BCUT2D eigenvalue weighted by atomic mass is 10.2. The van der Waals surface area contributed by atoms with Crippen LogP contribution in [0.25, 0.3) is 10.9 Å². The predicted octanol–water partition coefficient (Wildman–Crippen LogP) is 1.25. The van der Waals surface area contributed by atoms with E-state index in [1.165, 1.54) is 29.1 Å². The molecule has 2 aromatic rings. The zero-order valence-electron chi connectivity index (χ0n) is 10.6. The average Bonchev–Trinajstić information content (AvgIpc) is 2.45. The van der Waals surface area contributed by atoms with E-state index in [1.807, 2.05) is 0 Å². The van der Waals surface area contributed by atoms with E-state index in [0.29, 0.717) is 31.0 Å². The maximum absolute atomic E-state index is 12.2. The normalized spacial score (nSPS) is 10.8. The van der Waals surface area contributed by atoms with E-state index in [1.54, 1.807) is 0 Å². The molecule has 0 aliphatic carbocycles. The molecule has 0 saturated carbocycles. The molecule has 7 nitrogen and oxygen atoms in total. The van der Waals surface area contributed by atoms with Crippen LogP contribution in [0.1, 0.15) is 0 Å². The van der Waals surface area contributed by atoms with Gasteiger partial charge in [0.15, 0.2) is 0 Å². The van der Waals surface area contributed by atoms with Crippen LogP contribution >= 0.6 is 12.6 Å². The molecule has 8 heteroatoms. The summed E-state index contributed by atoms with van der Waals surface area (Å²) in [7, 11) is 0. The summed E-state index contributed by atoms with van der Waals surface area (Å²) in [6.07, 6.45) is 1.42. The van der Waals surface area contributed by atoms with Gasteiger partial charge in [0.05, 0.1) is 41.9 Å². The SMILES string of the molecule is O=c1c2cc([N+](=O)[O-])ccc2ncn1CCOCCS. The molecule has 0 saturated heterocycles. The van der Waals surface area contributed by atoms with Gasteiger partial charge in [0.1, 0.15) is 0 Å². The summed E-state index contributed by atoms with van der Waals surface area (Å²) in [5.41, 5.74) is 0.00164. The van der Waals surface area contributed by atoms with Gasteiger partial charge in [-0.25, -0.2) is 4.98 Å². The zero-order chi connectivity index (χ0) is 14.5. The minimum atomic E-state index is -0.536. The Labute approximate surface area is 119 Å². The maximum Gasteiger partial charge on any atom is 0.270 e. The van der Waals surface area contributed by atoms with E-state index in [9.17, 15) is 14.9 Å². The number of fused-ring (bicyclic) bond motifs is 1. The Hall–Kier alpha value is -1.93. The third kappa shape index (κ3) is 3.14. The minimum Gasteiger partial charge on any atom is -0.379 e. The van der Waals surface area contributed by atoms with Gasteiger partial charge >= 0.3 is 0 Å². The van der Waals surface area contributed by atoms with Crippen molar-refractivity contribution in [2.45, 2.75) is 6.54 Å². The van der Waals surface area contributed by atoms with Crippen LogP contribution in [0.15, 0.2) is 29.3 Å². The van der Waals surface area contributed by atoms with Gasteiger partial charge in [0.2, 0.25) is 0 Å². The number of nitro benzene ring substituents is 1. The number of benzene rings is 1. The number of nitro groups is 1. The first-order valence-corrected chi connectivity index (χ1v) is 6.59. The fourth-order valence-electron chi connectivity index (χ4n) is 1.75. The smallest absolute Gasteiger partial charge is 0.270 e. The van der Waals surface area contributed by atoms with E-state index >= 15 is 0 Å². The maximum atomic E-state index is 12.2. The molecule has 0 unspecified atom stereocenters. The third-order valence-electron chi connectivity index (χ3n) is 2.73. The fourth-order valence-corrected chi connectivity index (χ4v) is 1.88. The van der Waals surface area contributed by atoms with Crippen molar-refractivity contribution >= 4 is 29.2 Å². The Bertz CT molecular complexity index is 686. The molecule has 0 aliphatic heterocycles. The number of hydrogen-bond acceptors (Lipinski definition) is 6. The number of thiol groups is 1. The molecule has 0 N–H and O–H groups in total. The van der Waals surface area contributed by atoms with Gasteiger partial charge in [-0.3, -0.25) is 19.5 Å². The number of nitrogens with zero attached hydrogens (tertiary/aromatic N) is 3. The first-order chi connectivity index (χ1) is 9.63. The Morgan fingerprint density at radius 2 is 2.20 bits per heavy atom. The number of non-ortho nitro benzene ring substituents is 1. The summed E-state index contributed by atoms with van der Waals surface area (Å²) >= 11 is 4.01. The number of rotatable bonds is 6. The van der Waals surface area contributed by atoms with Crippen LogP contribution in [0.2, 0.25) is 0 Å². The molecule has 1 aromatic carbocycles. The number of hydrogen-bond donors (Lipinski definition) is 1. The molecule has 0 amide bonds. The lowest BCUT2D eigenvalue weighted by molar-refractivity contribution is -0.384. The van der Waals surface area contributed by atoms with Crippen molar-refractivity contribution in [2.24, 2.45) is 0 Å². The molecular formula is C12H13N3O4S. The molecule has 0 radical (unpaired) electrons. The molecule has 0 atom stereocenters. The highest BCUT2D eigenvalue weighted by molar-refractivity contribution is 7.80. The van der Waals surface area contributed by atoms with Gasteiger partial charge in [-0.1, -0.05) is 0 Å². The van der Waals surface area contributed by atoms with Crippen molar-refractivity contribution in [1.82, 2.24) is 9.55 Å². The van der Waals surface area contributed by atoms with E-state index in [2.05, 4.69) is 17.6 Å². The van der Waals surface area contributed by atoms with Gasteiger partial charge < -0.3 is 4.74 Å². The van der Waals surface area contributed by atoms with E-state index in [-0.39, 0.29) is 16.6 Å². The van der Waals surface area contributed by atoms with Crippen molar-refractivity contribution in [1.29, 1.82) is 0 Å². The van der Waals surface area contributed by atoms with Crippen LogP contribution in [-0.4, -0.2) is 33.4 Å². The minimum absolute atomic E-state index is 0.125. The van der Waals surface area contributed by atoms with Crippen LogP contribution in [0.4, 0.5) is 5.69 Å². The van der Waals surface area contributed by atoms with Crippen LogP contribution < -0.4 is 5.56 Å². The Morgan fingerprint density at radius 3 is 2.90 bits per heavy atom. The molecule has 0 aliphatic rings. The average molecular weight is 295 g/mol. The van der Waals surface area contributed by atoms with Crippen LogP contribution in [0.3, 0.4) is 0 Å². The Morgan fingerprint density at radius 1 is 1.40 bits per heavy atom. The van der Waals surface area contributed by atoms with Gasteiger partial charge in [-0.2, -0.15) is 12.6 Å². The molecule has 0 spiro atoms. The standard InChI is InChI=1S/C12H13N3O4S/c16-12-10-7-9(15(17)18)1-2-11(10)13-8-14(12)3-4-19-5-6-20/h1-2,7-8,20H,3-6H2. The largest absolute Gasteiger partial charge is 0.379 e. The van der Waals surface area contributed by atoms with Gasteiger partial charge in [0, 0.05) is 17.9 Å². The quantitative estimate of drug-likeness (QED) is 0.375. The second-order valence-electron chi connectivity index (χ2n) is 4.04. The summed E-state index contributed by atoms with van der Waals surface area (Å²) < 4.78 is 6.62. The Balaban J connectivity index is 2.31. The molecule has 20 heavy (non-hydrogen) atoms. The van der Waals surface area contributed by atoms with E-state index in [4.69, 9.17) is 4.74 Å². The highest BCUT2D eigenvalue weighted by Crippen LogP contribution is 2.16. The van der Waals surface area contributed by atoms with Gasteiger partial charge in [-0.05, 0) is 6.07 Å². The topological polar surface area (TPSA) is 87.3 Å². The third-order valence-corrected chi connectivity index (χ3v) is 2.91. The second kappa shape index (κ2) is 6.49. The summed E-state index contributed by atoms with van der Waals surface area (Å²) in [6.45, 7) is 1.21. The van der Waals surface area contributed by atoms with Crippen LogP contribution in [-0.2, 0) is 11.3 Å². The lowest BCUT2D eigenvalue weighted by Crippen LogP contribution is -2.23. The predicted molar refractivity (Wildman–Crippen MR) is 77.3 cm³/mol. The highest BCUT2D eigenvalue weighted by atomic mass is 32.1. The first kappa shape index (κ1) is 14.5. The van der Waals surface area contributed by atoms with Crippen molar-refractivity contribution in [3.05, 3.63) is 45.0 Å². The Kier molecular flexibility index (Phi) is 4.70. The van der Waals surface area contributed by atoms with E-state index < -0.39 is 4.92 Å². The molecule has 0 fully saturated rings. The first-order valence-electron chi connectivity index (χ1n) is 5.95. The van der Waals surface area contributed by atoms with Crippen LogP contribution in [0, 0.1) is 10.1 Å². The molecule has 2 rings (SSSR count).